The van der Waals surface area contributed by atoms with Crippen LogP contribution in [0.3, 0.4) is 0 Å². The van der Waals surface area contributed by atoms with Gasteiger partial charge in [0.1, 0.15) is 10.7 Å². The van der Waals surface area contributed by atoms with Gasteiger partial charge in [-0.05, 0) is 23.9 Å². The number of rotatable bonds is 3. The van der Waals surface area contributed by atoms with Crippen molar-refractivity contribution in [3.8, 4) is 0 Å². The Balaban J connectivity index is 2.48. The highest BCUT2D eigenvalue weighted by Gasteiger charge is 2.33. The Morgan fingerprint density at radius 3 is 2.62 bits per heavy atom. The minimum absolute atomic E-state index is 0.00804. The lowest BCUT2D eigenvalue weighted by Gasteiger charge is -2.10. The summed E-state index contributed by atoms with van der Waals surface area (Å²) < 4.78 is 43.1. The number of nitrogens with two attached hydrogens (primary N) is 1. The van der Waals surface area contributed by atoms with Crippen LogP contribution in [0.1, 0.15) is 17.1 Å². The molecule has 0 saturated carbocycles. The molecule has 0 aliphatic carbocycles. The summed E-state index contributed by atoms with van der Waals surface area (Å²) in [6.07, 6.45) is -4.62. The second kappa shape index (κ2) is 5.60. The molecule has 0 fully saturated rings. The zero-order valence-electron chi connectivity index (χ0n) is 10.4. The molecule has 3 N–H and O–H groups in total. The van der Waals surface area contributed by atoms with Gasteiger partial charge >= 0.3 is 6.18 Å². The number of alkyl halides is 3. The first-order valence-electron chi connectivity index (χ1n) is 5.35. The van der Waals surface area contributed by atoms with Crippen LogP contribution in [-0.2, 0) is 6.18 Å². The van der Waals surface area contributed by atoms with Crippen LogP contribution in [0, 0.1) is 6.92 Å². The minimum Gasteiger partial charge on any atom is -0.416 e. The molecule has 0 spiro atoms. The lowest BCUT2D eigenvalue weighted by molar-refractivity contribution is -0.141. The molecule has 0 unspecified atom stereocenters. The minimum atomic E-state index is -4.62. The SMILES string of the molecule is Cc1nnc(Sc2nc(C(F)(F)F)ccc2C(N)=NO)o1. The average molecular weight is 319 g/mol. The Bertz CT molecular complexity index is 686. The summed E-state index contributed by atoms with van der Waals surface area (Å²) in [5.74, 6) is -0.134. The Morgan fingerprint density at radius 2 is 2.10 bits per heavy atom. The number of oxime groups is 1. The maximum absolute atomic E-state index is 12.7. The van der Waals surface area contributed by atoms with Gasteiger partial charge in [-0.2, -0.15) is 13.2 Å². The molecule has 0 radical (unpaired) electrons. The standard InChI is InChI=1S/C10H8F3N5O2S/c1-4-16-17-9(20-4)21-8-5(7(14)18-19)2-3-6(15-8)10(11,12)13/h2-3,19H,1H3,(H2,14,18). The molecule has 2 aromatic rings. The van der Waals surface area contributed by atoms with Crippen molar-refractivity contribution in [1.82, 2.24) is 15.2 Å². The first kappa shape index (κ1) is 15.1. The molecule has 0 aliphatic heterocycles. The zero-order valence-corrected chi connectivity index (χ0v) is 11.2. The molecule has 0 bridgehead atoms. The van der Waals surface area contributed by atoms with Crippen molar-refractivity contribution in [1.29, 1.82) is 0 Å². The molecule has 0 aliphatic rings. The summed E-state index contributed by atoms with van der Waals surface area (Å²) in [5, 5.41) is 18.4. The van der Waals surface area contributed by atoms with Gasteiger partial charge in [0.05, 0.1) is 5.56 Å². The topological polar surface area (TPSA) is 110 Å². The third kappa shape index (κ3) is 3.42. The molecule has 0 amide bonds. The van der Waals surface area contributed by atoms with E-state index in [2.05, 4.69) is 20.3 Å². The third-order valence-electron chi connectivity index (χ3n) is 2.23. The smallest absolute Gasteiger partial charge is 0.416 e. The van der Waals surface area contributed by atoms with Crippen LogP contribution in [0.25, 0.3) is 0 Å². The molecular formula is C10H8F3N5O2S. The van der Waals surface area contributed by atoms with Gasteiger partial charge in [0.25, 0.3) is 5.22 Å². The van der Waals surface area contributed by atoms with Gasteiger partial charge in [0.15, 0.2) is 5.84 Å². The van der Waals surface area contributed by atoms with Gasteiger partial charge in [-0.3, -0.25) is 0 Å². The number of hydrogen-bond donors (Lipinski definition) is 2. The van der Waals surface area contributed by atoms with Crippen LogP contribution in [0.2, 0.25) is 0 Å². The summed E-state index contributed by atoms with van der Waals surface area (Å²) >= 11 is 0.686. The molecule has 112 valence electrons. The molecule has 2 heterocycles. The van der Waals surface area contributed by atoms with Crippen molar-refractivity contribution in [3.63, 3.8) is 0 Å². The van der Waals surface area contributed by atoms with Gasteiger partial charge in [0, 0.05) is 6.92 Å². The molecule has 21 heavy (non-hydrogen) atoms. The fourth-order valence-corrected chi connectivity index (χ4v) is 2.16. The highest BCUT2D eigenvalue weighted by Crippen LogP contribution is 2.33. The molecule has 2 rings (SSSR count). The number of halogens is 3. The first-order valence-corrected chi connectivity index (χ1v) is 6.17. The fourth-order valence-electron chi connectivity index (χ4n) is 1.33. The number of pyridine rings is 1. The summed E-state index contributed by atoms with van der Waals surface area (Å²) in [4.78, 5) is 3.46. The highest BCUT2D eigenvalue weighted by atomic mass is 32.2. The summed E-state index contributed by atoms with van der Waals surface area (Å²) in [6.45, 7) is 1.53. The molecule has 0 aromatic carbocycles. The Kier molecular flexibility index (Phi) is 4.02. The quantitative estimate of drug-likeness (QED) is 0.385. The number of hydrogen-bond acceptors (Lipinski definition) is 7. The zero-order chi connectivity index (χ0) is 15.6. The van der Waals surface area contributed by atoms with E-state index in [0.29, 0.717) is 11.8 Å². The molecule has 0 atom stereocenters. The van der Waals surface area contributed by atoms with Gasteiger partial charge in [-0.25, -0.2) is 4.98 Å². The first-order chi connectivity index (χ1) is 9.81. The van der Waals surface area contributed by atoms with Gasteiger partial charge in [-0.1, -0.05) is 5.16 Å². The van der Waals surface area contributed by atoms with Crippen LogP contribution in [-0.4, -0.2) is 26.2 Å². The van der Waals surface area contributed by atoms with Gasteiger partial charge in [-0.15, -0.1) is 10.2 Å². The van der Waals surface area contributed by atoms with E-state index in [0.717, 1.165) is 12.1 Å². The second-order valence-corrected chi connectivity index (χ2v) is 4.66. The number of aromatic nitrogens is 3. The lowest BCUT2D eigenvalue weighted by Crippen LogP contribution is -2.17. The van der Waals surface area contributed by atoms with E-state index in [-0.39, 0.29) is 27.5 Å². The summed E-state index contributed by atoms with van der Waals surface area (Å²) in [5.41, 5.74) is 4.32. The van der Waals surface area contributed by atoms with Crippen molar-refractivity contribution < 1.29 is 22.8 Å². The van der Waals surface area contributed by atoms with E-state index in [4.69, 9.17) is 15.4 Å². The van der Waals surface area contributed by atoms with Crippen molar-refractivity contribution in [2.45, 2.75) is 23.3 Å². The van der Waals surface area contributed by atoms with Gasteiger partial charge in [0.2, 0.25) is 5.89 Å². The van der Waals surface area contributed by atoms with Crippen molar-refractivity contribution in [2.24, 2.45) is 10.9 Å². The largest absolute Gasteiger partial charge is 0.433 e. The van der Waals surface area contributed by atoms with E-state index in [1.165, 1.54) is 6.92 Å². The van der Waals surface area contributed by atoms with Crippen LogP contribution < -0.4 is 5.73 Å². The number of nitrogens with zero attached hydrogens (tertiary/aromatic N) is 4. The number of amidine groups is 1. The highest BCUT2D eigenvalue weighted by molar-refractivity contribution is 7.99. The second-order valence-electron chi connectivity index (χ2n) is 3.72. The van der Waals surface area contributed by atoms with Crippen LogP contribution in [0.15, 0.2) is 32.0 Å². The normalized spacial score (nSPS) is 12.7. The Morgan fingerprint density at radius 1 is 1.38 bits per heavy atom. The Hall–Kier alpha value is -2.30. The fraction of sp³-hybridized carbons (Fsp3) is 0.200. The van der Waals surface area contributed by atoms with Crippen LogP contribution in [0.4, 0.5) is 13.2 Å². The van der Waals surface area contributed by atoms with E-state index in [1.54, 1.807) is 0 Å². The van der Waals surface area contributed by atoms with E-state index in [9.17, 15) is 13.2 Å². The summed E-state index contributed by atoms with van der Waals surface area (Å²) in [7, 11) is 0. The van der Waals surface area contributed by atoms with Crippen molar-refractivity contribution >= 4 is 17.6 Å². The van der Waals surface area contributed by atoms with Crippen molar-refractivity contribution in [3.05, 3.63) is 29.3 Å². The molecular weight excluding hydrogens is 311 g/mol. The van der Waals surface area contributed by atoms with E-state index >= 15 is 0 Å². The summed E-state index contributed by atoms with van der Waals surface area (Å²) in [6, 6.07) is 1.78. The van der Waals surface area contributed by atoms with Crippen LogP contribution in [0.5, 0.6) is 0 Å². The van der Waals surface area contributed by atoms with Crippen LogP contribution >= 0.6 is 11.8 Å². The maximum Gasteiger partial charge on any atom is 0.433 e. The van der Waals surface area contributed by atoms with E-state index < -0.39 is 11.9 Å². The predicted molar refractivity (Wildman–Crippen MR) is 64.9 cm³/mol. The molecule has 2 aromatic heterocycles. The Labute approximate surface area is 120 Å². The van der Waals surface area contributed by atoms with Gasteiger partial charge < -0.3 is 15.4 Å². The monoisotopic (exact) mass is 319 g/mol. The molecule has 11 heteroatoms. The predicted octanol–water partition coefficient (Wildman–Crippen LogP) is 2.04. The molecule has 7 nitrogen and oxygen atoms in total. The lowest BCUT2D eigenvalue weighted by atomic mass is 10.2. The number of aryl methyl sites for hydroxylation is 1. The maximum atomic E-state index is 12.7. The third-order valence-corrected chi connectivity index (χ3v) is 3.07. The van der Waals surface area contributed by atoms with E-state index in [1.807, 2.05) is 0 Å². The molecule has 0 saturated heterocycles. The van der Waals surface area contributed by atoms with Crippen molar-refractivity contribution in [2.75, 3.05) is 0 Å². The average Bonchev–Trinajstić information content (AvgIpc) is 2.82.